The molecular formula is C26H44ClN5O. The highest BCUT2D eigenvalue weighted by molar-refractivity contribution is 6.20. The van der Waals surface area contributed by atoms with E-state index in [9.17, 15) is 4.79 Å². The van der Waals surface area contributed by atoms with E-state index in [-0.39, 0.29) is 11.8 Å². The van der Waals surface area contributed by atoms with Crippen LogP contribution in [0.2, 0.25) is 0 Å². The molecule has 0 aromatic carbocycles. The summed E-state index contributed by atoms with van der Waals surface area (Å²) in [6, 6.07) is 0.568. The predicted octanol–water partition coefficient (Wildman–Crippen LogP) is 3.89. The Morgan fingerprint density at radius 2 is 1.91 bits per heavy atom. The first-order valence-corrected chi connectivity index (χ1v) is 13.6. The van der Waals surface area contributed by atoms with Gasteiger partial charge in [0.15, 0.2) is 0 Å². The van der Waals surface area contributed by atoms with E-state index in [2.05, 4.69) is 29.0 Å². The summed E-state index contributed by atoms with van der Waals surface area (Å²) in [5, 5.41) is 15.6. The van der Waals surface area contributed by atoms with Crippen molar-refractivity contribution in [2.24, 2.45) is 42.6 Å². The van der Waals surface area contributed by atoms with Crippen molar-refractivity contribution >= 4 is 17.5 Å². The van der Waals surface area contributed by atoms with E-state index in [0.717, 1.165) is 51.7 Å². The quantitative estimate of drug-likeness (QED) is 0.544. The van der Waals surface area contributed by atoms with Gasteiger partial charge in [0, 0.05) is 49.9 Å². The van der Waals surface area contributed by atoms with Gasteiger partial charge in [0.2, 0.25) is 11.5 Å². The molecule has 1 aromatic heterocycles. The van der Waals surface area contributed by atoms with Crippen molar-refractivity contribution in [2.75, 3.05) is 13.1 Å². The maximum Gasteiger partial charge on any atom is 0.223 e. The van der Waals surface area contributed by atoms with Gasteiger partial charge >= 0.3 is 0 Å². The van der Waals surface area contributed by atoms with Gasteiger partial charge in [0.05, 0.1) is 0 Å². The number of rotatable bonds is 6. The van der Waals surface area contributed by atoms with Crippen LogP contribution in [0.1, 0.15) is 65.2 Å². The van der Waals surface area contributed by atoms with Crippen LogP contribution < -0.4 is 16.3 Å². The maximum absolute atomic E-state index is 13.4. The number of aromatic nitrogens is 2. The molecular weight excluding hydrogens is 434 g/mol. The molecule has 0 bridgehead atoms. The number of hydrogen-bond donors (Lipinski definition) is 3. The van der Waals surface area contributed by atoms with Crippen LogP contribution in [0.25, 0.3) is 0 Å². The Bertz CT molecular complexity index is 850. The Hall–Kier alpha value is -1.27. The molecule has 1 amide bonds. The summed E-state index contributed by atoms with van der Waals surface area (Å²) in [4.78, 5) is 13.4. The summed E-state index contributed by atoms with van der Waals surface area (Å²) >= 11 is 6.40. The van der Waals surface area contributed by atoms with E-state index < -0.39 is 0 Å². The Morgan fingerprint density at radius 1 is 1.09 bits per heavy atom. The first-order valence-electron chi connectivity index (χ1n) is 13.2. The second kappa shape index (κ2) is 11.0. The van der Waals surface area contributed by atoms with Gasteiger partial charge in [-0.1, -0.05) is 6.92 Å². The SMILES string of the molecule is CC1CC(C2CC(Cn3ccn(C)c3=N)CC(C(=O)NCC3CCC(Cl)C(C)C3)C2)CCN1. The molecule has 3 aliphatic rings. The van der Waals surface area contributed by atoms with Gasteiger partial charge in [-0.2, -0.15) is 0 Å². The highest BCUT2D eigenvalue weighted by Crippen LogP contribution is 2.41. The number of nitrogens with one attached hydrogen (secondary N) is 3. The highest BCUT2D eigenvalue weighted by Gasteiger charge is 2.38. The third-order valence-electron chi connectivity index (χ3n) is 8.81. The molecule has 186 valence electrons. The van der Waals surface area contributed by atoms with E-state index in [1.54, 1.807) is 0 Å². The van der Waals surface area contributed by atoms with Gasteiger partial charge in [-0.05, 0) is 94.4 Å². The molecule has 2 aliphatic carbocycles. The third-order valence-corrected chi connectivity index (χ3v) is 9.46. The second-order valence-electron chi connectivity index (χ2n) is 11.5. The lowest BCUT2D eigenvalue weighted by molar-refractivity contribution is -0.128. The number of carbonyl (C=O) groups is 1. The molecule has 1 aliphatic heterocycles. The minimum atomic E-state index is 0.0965. The normalized spacial score (nSPS) is 37.6. The molecule has 1 aromatic rings. The number of piperidine rings is 1. The summed E-state index contributed by atoms with van der Waals surface area (Å²) in [5.41, 5.74) is 0.539. The number of nitrogens with zero attached hydrogens (tertiary/aromatic N) is 2. The van der Waals surface area contributed by atoms with Crippen LogP contribution in [0, 0.1) is 40.9 Å². The van der Waals surface area contributed by atoms with Gasteiger partial charge in [0.25, 0.3) is 0 Å². The molecule has 8 atom stereocenters. The lowest BCUT2D eigenvalue weighted by Crippen LogP contribution is -2.44. The van der Waals surface area contributed by atoms with Crippen molar-refractivity contribution in [1.29, 1.82) is 5.41 Å². The van der Waals surface area contributed by atoms with Gasteiger partial charge in [-0.3, -0.25) is 10.2 Å². The largest absolute Gasteiger partial charge is 0.356 e. The molecule has 0 spiro atoms. The van der Waals surface area contributed by atoms with Crippen LogP contribution >= 0.6 is 11.6 Å². The second-order valence-corrected chi connectivity index (χ2v) is 12.0. The predicted molar refractivity (Wildman–Crippen MR) is 133 cm³/mol. The monoisotopic (exact) mass is 477 g/mol. The zero-order valence-electron chi connectivity index (χ0n) is 20.7. The Kier molecular flexibility index (Phi) is 8.27. The molecule has 0 radical (unpaired) electrons. The molecule has 3 N–H and O–H groups in total. The van der Waals surface area contributed by atoms with Crippen molar-refractivity contribution in [2.45, 2.75) is 83.2 Å². The number of halogens is 1. The van der Waals surface area contributed by atoms with E-state index in [1.807, 2.05) is 24.0 Å². The lowest BCUT2D eigenvalue weighted by Gasteiger charge is -2.41. The summed E-state index contributed by atoms with van der Waals surface area (Å²) in [5.74, 6) is 3.22. The molecule has 1 saturated heterocycles. The van der Waals surface area contributed by atoms with E-state index in [0.29, 0.717) is 46.6 Å². The average Bonchev–Trinajstić information content (AvgIpc) is 3.11. The van der Waals surface area contributed by atoms with Crippen LogP contribution in [0.15, 0.2) is 12.4 Å². The zero-order chi connectivity index (χ0) is 23.5. The van der Waals surface area contributed by atoms with Crippen LogP contribution in [0.5, 0.6) is 0 Å². The molecule has 2 heterocycles. The Balaban J connectivity index is 1.40. The molecule has 2 saturated carbocycles. The molecule has 3 fully saturated rings. The lowest BCUT2D eigenvalue weighted by atomic mass is 9.67. The standard InChI is InChI=1S/C26H44ClN5O/c1-17-10-19(4-5-24(17)27)15-30-25(33)23-13-20(16-32-9-8-31(3)26(32)28)12-22(14-23)21-6-7-29-18(2)11-21/h8-9,17-24,28-29H,4-7,10-16H2,1-3H3,(H,30,33). The first-order chi connectivity index (χ1) is 15.8. The van der Waals surface area contributed by atoms with E-state index in [1.165, 1.54) is 19.3 Å². The van der Waals surface area contributed by atoms with Crippen molar-refractivity contribution in [3.05, 3.63) is 18.0 Å². The van der Waals surface area contributed by atoms with Gasteiger partial charge in [-0.15, -0.1) is 11.6 Å². The fourth-order valence-corrected chi connectivity index (χ4v) is 7.06. The maximum atomic E-state index is 13.4. The smallest absolute Gasteiger partial charge is 0.223 e. The number of carbonyl (C=O) groups excluding carboxylic acids is 1. The third kappa shape index (κ3) is 6.25. The number of hydrogen-bond acceptors (Lipinski definition) is 3. The minimum Gasteiger partial charge on any atom is -0.356 e. The van der Waals surface area contributed by atoms with Crippen LogP contribution in [-0.4, -0.2) is 39.5 Å². The topological polar surface area (TPSA) is 74.8 Å². The van der Waals surface area contributed by atoms with Crippen molar-refractivity contribution in [1.82, 2.24) is 19.8 Å². The number of amides is 1. The van der Waals surface area contributed by atoms with Crippen molar-refractivity contribution < 1.29 is 4.79 Å². The summed E-state index contributed by atoms with van der Waals surface area (Å²) < 4.78 is 3.91. The van der Waals surface area contributed by atoms with Gasteiger partial charge < -0.3 is 19.8 Å². The van der Waals surface area contributed by atoms with Crippen molar-refractivity contribution in [3.8, 4) is 0 Å². The Labute approximate surface area is 204 Å². The minimum absolute atomic E-state index is 0.0965. The van der Waals surface area contributed by atoms with Crippen molar-refractivity contribution in [3.63, 3.8) is 0 Å². The Morgan fingerprint density at radius 3 is 2.61 bits per heavy atom. The van der Waals surface area contributed by atoms with E-state index in [4.69, 9.17) is 17.0 Å². The van der Waals surface area contributed by atoms with Crippen LogP contribution in [0.3, 0.4) is 0 Å². The average molecular weight is 478 g/mol. The van der Waals surface area contributed by atoms with Crippen LogP contribution in [-0.2, 0) is 18.4 Å². The number of alkyl halides is 1. The fourth-order valence-electron chi connectivity index (χ4n) is 6.83. The van der Waals surface area contributed by atoms with E-state index >= 15 is 0 Å². The molecule has 8 unspecified atom stereocenters. The molecule has 6 nitrogen and oxygen atoms in total. The fraction of sp³-hybridized carbons (Fsp3) is 0.846. The molecule has 33 heavy (non-hydrogen) atoms. The van der Waals surface area contributed by atoms with Crippen LogP contribution in [0.4, 0.5) is 0 Å². The molecule has 4 rings (SSSR count). The summed E-state index contributed by atoms with van der Waals surface area (Å²) in [7, 11) is 1.92. The molecule has 7 heteroatoms. The van der Waals surface area contributed by atoms with Gasteiger partial charge in [-0.25, -0.2) is 0 Å². The summed E-state index contributed by atoms with van der Waals surface area (Å²) in [6.07, 6.45) is 12.9. The van der Waals surface area contributed by atoms with Gasteiger partial charge in [0.1, 0.15) is 0 Å². The zero-order valence-corrected chi connectivity index (χ0v) is 21.5. The summed E-state index contributed by atoms with van der Waals surface area (Å²) in [6.45, 7) is 7.27. The highest BCUT2D eigenvalue weighted by atomic mass is 35.5. The number of aryl methyl sites for hydroxylation is 1. The number of imidazole rings is 1. The first kappa shape index (κ1) is 24.8.